The first-order valence-electron chi connectivity index (χ1n) is 4.40. The highest BCUT2D eigenvalue weighted by atomic mass is 32.2. The van der Waals surface area contributed by atoms with Crippen LogP contribution < -0.4 is 0 Å². The number of aryl methyl sites for hydroxylation is 1. The summed E-state index contributed by atoms with van der Waals surface area (Å²) >= 11 is 3.94. The van der Waals surface area contributed by atoms with Crippen LogP contribution in [0, 0.1) is 6.92 Å². The summed E-state index contributed by atoms with van der Waals surface area (Å²) in [6, 6.07) is 0. The van der Waals surface area contributed by atoms with E-state index in [1.807, 2.05) is 17.5 Å². The molecule has 1 saturated heterocycles. The van der Waals surface area contributed by atoms with Crippen LogP contribution in [0.15, 0.2) is 6.20 Å². The van der Waals surface area contributed by atoms with Crippen molar-refractivity contribution in [2.75, 3.05) is 5.75 Å². The lowest BCUT2D eigenvalue weighted by Crippen LogP contribution is -2.01. The van der Waals surface area contributed by atoms with Gasteiger partial charge >= 0.3 is 0 Å². The van der Waals surface area contributed by atoms with Crippen LogP contribution in [0.25, 0.3) is 0 Å². The maximum absolute atomic E-state index is 4.44. The van der Waals surface area contributed by atoms with Crippen molar-refractivity contribution in [3.63, 3.8) is 0 Å². The summed E-state index contributed by atoms with van der Waals surface area (Å²) < 4.78 is 0. The molecule has 0 aromatic carbocycles. The fourth-order valence-electron chi connectivity index (χ4n) is 1.46. The molecule has 1 atom stereocenters. The van der Waals surface area contributed by atoms with E-state index >= 15 is 0 Å². The predicted molar refractivity (Wildman–Crippen MR) is 55.9 cm³/mol. The number of nitrogens with zero attached hydrogens (tertiary/aromatic N) is 1. The van der Waals surface area contributed by atoms with Crippen molar-refractivity contribution < 1.29 is 0 Å². The molecule has 1 unspecified atom stereocenters. The molecular weight excluding hydrogens is 186 g/mol. The van der Waals surface area contributed by atoms with Crippen LogP contribution >= 0.6 is 23.1 Å². The standard InChI is InChI=1S/C9H13NS2/c1-7-6-10-9(12-7)8-4-2-3-5-11-8/h6,8H,2-5H2,1H3. The summed E-state index contributed by atoms with van der Waals surface area (Å²) in [5, 5.41) is 2.05. The van der Waals surface area contributed by atoms with Crippen LogP contribution in [0.5, 0.6) is 0 Å². The smallest absolute Gasteiger partial charge is 0.106 e. The summed E-state index contributed by atoms with van der Waals surface area (Å²) in [5.74, 6) is 1.32. The molecule has 1 aliphatic heterocycles. The minimum absolute atomic E-state index is 0.706. The number of thioether (sulfide) groups is 1. The van der Waals surface area contributed by atoms with Gasteiger partial charge in [0.2, 0.25) is 0 Å². The molecule has 66 valence electrons. The SMILES string of the molecule is Cc1cnc(C2CCCCS2)s1. The molecule has 0 bridgehead atoms. The summed E-state index contributed by atoms with van der Waals surface area (Å²) in [6.45, 7) is 2.13. The fraction of sp³-hybridized carbons (Fsp3) is 0.667. The van der Waals surface area contributed by atoms with Crippen molar-refractivity contribution in [1.82, 2.24) is 4.98 Å². The molecule has 2 heterocycles. The van der Waals surface area contributed by atoms with Crippen molar-refractivity contribution in [2.24, 2.45) is 0 Å². The minimum Gasteiger partial charge on any atom is -0.248 e. The Kier molecular flexibility index (Phi) is 2.71. The van der Waals surface area contributed by atoms with Gasteiger partial charge < -0.3 is 0 Å². The van der Waals surface area contributed by atoms with Crippen molar-refractivity contribution >= 4 is 23.1 Å². The number of rotatable bonds is 1. The number of hydrogen-bond donors (Lipinski definition) is 0. The molecule has 12 heavy (non-hydrogen) atoms. The van der Waals surface area contributed by atoms with Crippen LogP contribution in [-0.2, 0) is 0 Å². The molecule has 1 aliphatic rings. The maximum atomic E-state index is 4.44. The topological polar surface area (TPSA) is 12.9 Å². The lowest BCUT2D eigenvalue weighted by Gasteiger charge is -2.18. The highest BCUT2D eigenvalue weighted by Gasteiger charge is 2.18. The van der Waals surface area contributed by atoms with Gasteiger partial charge in [-0.3, -0.25) is 0 Å². The van der Waals surface area contributed by atoms with E-state index in [9.17, 15) is 0 Å². The third-order valence-corrected chi connectivity index (χ3v) is 4.66. The number of hydrogen-bond acceptors (Lipinski definition) is 3. The van der Waals surface area contributed by atoms with E-state index in [1.165, 1.54) is 34.9 Å². The first-order valence-corrected chi connectivity index (χ1v) is 6.27. The normalized spacial score (nSPS) is 24.2. The van der Waals surface area contributed by atoms with E-state index in [0.717, 1.165) is 0 Å². The summed E-state index contributed by atoms with van der Waals surface area (Å²) in [5.41, 5.74) is 0. The number of aromatic nitrogens is 1. The van der Waals surface area contributed by atoms with Gasteiger partial charge in [-0.1, -0.05) is 6.42 Å². The second-order valence-corrected chi connectivity index (χ2v) is 5.74. The first-order chi connectivity index (χ1) is 5.86. The van der Waals surface area contributed by atoms with Gasteiger partial charge in [-0.15, -0.1) is 11.3 Å². The molecule has 1 aromatic rings. The lowest BCUT2D eigenvalue weighted by atomic mass is 10.2. The van der Waals surface area contributed by atoms with E-state index in [0.29, 0.717) is 5.25 Å². The van der Waals surface area contributed by atoms with Crippen molar-refractivity contribution in [3.8, 4) is 0 Å². The van der Waals surface area contributed by atoms with Crippen molar-refractivity contribution in [2.45, 2.75) is 31.4 Å². The molecular formula is C9H13NS2. The van der Waals surface area contributed by atoms with E-state index in [4.69, 9.17) is 0 Å². The molecule has 0 radical (unpaired) electrons. The Morgan fingerprint density at radius 1 is 1.50 bits per heavy atom. The Bertz CT molecular complexity index is 251. The minimum atomic E-state index is 0.706. The molecule has 2 rings (SSSR count). The van der Waals surface area contributed by atoms with E-state index in [-0.39, 0.29) is 0 Å². The van der Waals surface area contributed by atoms with Gasteiger partial charge in [0.25, 0.3) is 0 Å². The summed E-state index contributed by atoms with van der Waals surface area (Å²) in [4.78, 5) is 5.78. The molecule has 0 amide bonds. The zero-order valence-corrected chi connectivity index (χ0v) is 8.88. The number of thiazole rings is 1. The van der Waals surface area contributed by atoms with Gasteiger partial charge in [-0.25, -0.2) is 4.98 Å². The maximum Gasteiger partial charge on any atom is 0.106 e. The monoisotopic (exact) mass is 199 g/mol. The third kappa shape index (κ3) is 1.83. The molecule has 0 saturated carbocycles. The Morgan fingerprint density at radius 2 is 2.42 bits per heavy atom. The zero-order chi connectivity index (χ0) is 8.39. The van der Waals surface area contributed by atoms with Crippen molar-refractivity contribution in [1.29, 1.82) is 0 Å². The molecule has 0 N–H and O–H groups in total. The van der Waals surface area contributed by atoms with Gasteiger partial charge in [-0.05, 0) is 25.5 Å². The molecule has 3 heteroatoms. The Labute approximate surface area is 81.6 Å². The quantitative estimate of drug-likeness (QED) is 0.687. The predicted octanol–water partition coefficient (Wildman–Crippen LogP) is 3.41. The highest BCUT2D eigenvalue weighted by molar-refractivity contribution is 7.99. The van der Waals surface area contributed by atoms with Crippen LogP contribution in [0.4, 0.5) is 0 Å². The fourth-order valence-corrected chi connectivity index (χ4v) is 3.79. The lowest BCUT2D eigenvalue weighted by molar-refractivity contribution is 0.684. The molecule has 1 fully saturated rings. The van der Waals surface area contributed by atoms with Crippen LogP contribution in [0.3, 0.4) is 0 Å². The second-order valence-electron chi connectivity index (χ2n) is 3.16. The van der Waals surface area contributed by atoms with Gasteiger partial charge in [0.05, 0.1) is 5.25 Å². The van der Waals surface area contributed by atoms with Crippen molar-refractivity contribution in [3.05, 3.63) is 16.1 Å². The van der Waals surface area contributed by atoms with E-state index < -0.39 is 0 Å². The summed E-state index contributed by atoms with van der Waals surface area (Å²) in [6.07, 6.45) is 6.11. The van der Waals surface area contributed by atoms with Gasteiger partial charge in [0, 0.05) is 11.1 Å². The van der Waals surface area contributed by atoms with Crippen LogP contribution in [0.1, 0.15) is 34.4 Å². The zero-order valence-electron chi connectivity index (χ0n) is 7.25. The van der Waals surface area contributed by atoms with E-state index in [2.05, 4.69) is 23.7 Å². The van der Waals surface area contributed by atoms with Gasteiger partial charge in [0.15, 0.2) is 0 Å². The first kappa shape index (κ1) is 8.57. The summed E-state index contributed by atoms with van der Waals surface area (Å²) in [7, 11) is 0. The molecule has 0 spiro atoms. The van der Waals surface area contributed by atoms with Gasteiger partial charge in [0.1, 0.15) is 5.01 Å². The van der Waals surface area contributed by atoms with Gasteiger partial charge in [-0.2, -0.15) is 11.8 Å². The third-order valence-electron chi connectivity index (χ3n) is 2.09. The second kappa shape index (κ2) is 3.79. The molecule has 1 aromatic heterocycles. The molecule has 1 nitrogen and oxygen atoms in total. The largest absolute Gasteiger partial charge is 0.248 e. The average molecular weight is 199 g/mol. The highest BCUT2D eigenvalue weighted by Crippen LogP contribution is 2.39. The Balaban J connectivity index is 2.08. The van der Waals surface area contributed by atoms with E-state index in [1.54, 1.807) is 0 Å². The van der Waals surface area contributed by atoms with Crippen LogP contribution in [0.2, 0.25) is 0 Å². The Hall–Kier alpha value is -0.0200. The van der Waals surface area contributed by atoms with Crippen LogP contribution in [-0.4, -0.2) is 10.7 Å². The average Bonchev–Trinajstić information content (AvgIpc) is 2.54. The Morgan fingerprint density at radius 3 is 3.00 bits per heavy atom. The molecule has 0 aliphatic carbocycles.